The van der Waals surface area contributed by atoms with Crippen molar-refractivity contribution in [3.05, 3.63) is 36.7 Å². The summed E-state index contributed by atoms with van der Waals surface area (Å²) in [5.74, 6) is 0.367. The van der Waals surface area contributed by atoms with E-state index < -0.39 is 24.2 Å². The minimum absolute atomic E-state index is 0.122. The third-order valence-electron chi connectivity index (χ3n) is 5.60. The van der Waals surface area contributed by atoms with Gasteiger partial charge < -0.3 is 15.5 Å². The summed E-state index contributed by atoms with van der Waals surface area (Å²) in [6, 6.07) is 7.97. The normalized spacial score (nSPS) is 16.3. The molecule has 0 unspecified atom stereocenters. The third-order valence-corrected chi connectivity index (χ3v) is 6.48. The number of halogens is 4. The lowest BCUT2D eigenvalue weighted by atomic mass is 9.91. The second-order valence-electron chi connectivity index (χ2n) is 8.48. The first-order chi connectivity index (χ1) is 17.6. The molecule has 2 aliphatic rings. The smallest absolute Gasteiger partial charge is 0.350 e. The predicted molar refractivity (Wildman–Crippen MR) is 132 cm³/mol. The van der Waals surface area contributed by atoms with Crippen molar-refractivity contribution in [2.75, 3.05) is 28.6 Å². The highest BCUT2D eigenvalue weighted by atomic mass is 32.2. The molecule has 0 atom stereocenters. The summed E-state index contributed by atoms with van der Waals surface area (Å²) in [5.41, 5.74) is -0.936. The zero-order valence-electron chi connectivity index (χ0n) is 20.1. The molecule has 0 bridgehead atoms. The summed E-state index contributed by atoms with van der Waals surface area (Å²) in [7, 11) is 0. The van der Waals surface area contributed by atoms with E-state index in [-0.39, 0.29) is 24.7 Å². The number of amides is 1. The van der Waals surface area contributed by atoms with Crippen LogP contribution in [0, 0.1) is 5.92 Å². The molecule has 198 valence electrons. The number of nitrogens with one attached hydrogen (secondary N) is 3. The molecule has 5 rings (SSSR count). The number of hydrogen-bond acceptors (Lipinski definition) is 8. The number of carbonyl (C=O) groups excluding carboxylic acids is 1. The molecular weight excluding hydrogens is 512 g/mol. The van der Waals surface area contributed by atoms with E-state index in [1.807, 2.05) is 18.7 Å². The van der Waals surface area contributed by atoms with Crippen LogP contribution in [0.25, 0.3) is 0 Å². The Morgan fingerprint density at radius 3 is 2.49 bits per heavy atom. The highest BCUT2D eigenvalue weighted by Gasteiger charge is 2.54. The quantitative estimate of drug-likeness (QED) is 0.260. The molecule has 0 radical (unpaired) electrons. The van der Waals surface area contributed by atoms with Crippen molar-refractivity contribution in [1.82, 2.24) is 25.1 Å². The van der Waals surface area contributed by atoms with Gasteiger partial charge in [-0.3, -0.25) is 4.79 Å². The monoisotopic (exact) mass is 538 g/mol. The van der Waals surface area contributed by atoms with Crippen LogP contribution in [0.5, 0.6) is 0 Å². The van der Waals surface area contributed by atoms with Crippen LogP contribution in [0.4, 0.5) is 40.8 Å². The van der Waals surface area contributed by atoms with E-state index in [2.05, 4.69) is 35.8 Å². The van der Waals surface area contributed by atoms with Gasteiger partial charge in [0.05, 0.1) is 13.1 Å². The Balaban J connectivity index is 0.00000156. The largest absolute Gasteiger partial charge is 0.397 e. The van der Waals surface area contributed by atoms with Crippen molar-refractivity contribution in [2.24, 2.45) is 5.92 Å². The van der Waals surface area contributed by atoms with Crippen LogP contribution in [0.1, 0.15) is 33.1 Å². The van der Waals surface area contributed by atoms with Crippen molar-refractivity contribution < 1.29 is 22.4 Å². The molecule has 1 aromatic carbocycles. The SMILES string of the molecule is CC.O=C(CC(F)(F)F)Nc1ccc(Sc2nc(Nc3ncn[nH]3)cc(N3CC(F)(C4CC4)C3)n2)cc1. The first kappa shape index (κ1) is 26.6. The molecule has 1 saturated heterocycles. The molecule has 2 fully saturated rings. The maximum atomic E-state index is 14.9. The van der Waals surface area contributed by atoms with E-state index in [1.54, 1.807) is 18.2 Å². The van der Waals surface area contributed by atoms with Gasteiger partial charge >= 0.3 is 6.18 Å². The Morgan fingerprint density at radius 2 is 1.89 bits per heavy atom. The highest BCUT2D eigenvalue weighted by Crippen LogP contribution is 2.48. The Labute approximate surface area is 214 Å². The molecule has 1 amide bonds. The summed E-state index contributed by atoms with van der Waals surface area (Å²) in [6.07, 6.45) is -2.95. The van der Waals surface area contributed by atoms with Crippen LogP contribution >= 0.6 is 11.8 Å². The number of aromatic amines is 1. The van der Waals surface area contributed by atoms with Crippen molar-refractivity contribution >= 4 is 40.9 Å². The minimum atomic E-state index is -4.57. The number of benzene rings is 1. The number of anilines is 4. The molecule has 37 heavy (non-hydrogen) atoms. The molecule has 1 saturated carbocycles. The molecule has 3 aromatic rings. The molecule has 0 spiro atoms. The van der Waals surface area contributed by atoms with Gasteiger partial charge in [-0.25, -0.2) is 19.5 Å². The lowest BCUT2D eigenvalue weighted by Gasteiger charge is -2.45. The average molecular weight is 539 g/mol. The first-order valence-electron chi connectivity index (χ1n) is 11.8. The predicted octanol–water partition coefficient (Wildman–Crippen LogP) is 5.34. The topological polar surface area (TPSA) is 112 Å². The summed E-state index contributed by atoms with van der Waals surface area (Å²) < 4.78 is 51.9. The van der Waals surface area contributed by atoms with E-state index in [0.29, 0.717) is 27.6 Å². The van der Waals surface area contributed by atoms with Crippen molar-refractivity contribution in [1.29, 1.82) is 0 Å². The second kappa shape index (κ2) is 10.9. The Bertz CT molecular complexity index is 1200. The van der Waals surface area contributed by atoms with Crippen molar-refractivity contribution in [2.45, 2.75) is 55.0 Å². The van der Waals surface area contributed by atoms with Gasteiger partial charge in [0.15, 0.2) is 5.16 Å². The summed E-state index contributed by atoms with van der Waals surface area (Å²) in [4.78, 5) is 27.1. The molecule has 3 N–H and O–H groups in total. The zero-order chi connectivity index (χ0) is 26.6. The summed E-state index contributed by atoms with van der Waals surface area (Å²) in [5, 5.41) is 12.1. The fourth-order valence-electron chi connectivity index (χ4n) is 3.78. The molecule has 2 aromatic heterocycles. The van der Waals surface area contributed by atoms with Crippen molar-refractivity contribution in [3.63, 3.8) is 0 Å². The maximum Gasteiger partial charge on any atom is 0.397 e. The minimum Gasteiger partial charge on any atom is -0.350 e. The van der Waals surface area contributed by atoms with Gasteiger partial charge in [0, 0.05) is 16.6 Å². The van der Waals surface area contributed by atoms with Gasteiger partial charge in [0.1, 0.15) is 30.1 Å². The Morgan fingerprint density at radius 1 is 1.19 bits per heavy atom. The average Bonchev–Trinajstić information content (AvgIpc) is 3.56. The molecule has 3 heterocycles. The van der Waals surface area contributed by atoms with Gasteiger partial charge in [0.25, 0.3) is 0 Å². The summed E-state index contributed by atoms with van der Waals surface area (Å²) in [6.45, 7) is 4.54. The fourth-order valence-corrected chi connectivity index (χ4v) is 4.55. The van der Waals surface area contributed by atoms with E-state index in [4.69, 9.17) is 0 Å². The summed E-state index contributed by atoms with van der Waals surface area (Å²) >= 11 is 1.22. The van der Waals surface area contributed by atoms with Crippen LogP contribution in [-0.2, 0) is 4.79 Å². The number of alkyl halides is 4. The maximum absolute atomic E-state index is 14.9. The van der Waals surface area contributed by atoms with Crippen LogP contribution in [0.15, 0.2) is 46.7 Å². The van der Waals surface area contributed by atoms with E-state index >= 15 is 0 Å². The van der Waals surface area contributed by atoms with Crippen LogP contribution in [0.3, 0.4) is 0 Å². The van der Waals surface area contributed by atoms with Gasteiger partial charge in [-0.05, 0) is 54.8 Å². The number of aromatic nitrogens is 5. The fraction of sp³-hybridized carbons (Fsp3) is 0.435. The van der Waals surface area contributed by atoms with Gasteiger partial charge in [-0.1, -0.05) is 13.8 Å². The first-order valence-corrected chi connectivity index (χ1v) is 12.6. The van der Waals surface area contributed by atoms with Crippen LogP contribution in [-0.4, -0.2) is 56.0 Å². The highest BCUT2D eigenvalue weighted by molar-refractivity contribution is 7.99. The molecular formula is C23H26F4N8OS. The second-order valence-corrected chi connectivity index (χ2v) is 9.53. The molecule has 1 aliphatic carbocycles. The standard InChI is InChI=1S/C21H20F4N8OS.C2H6/c22-20(12-1-2-12)9-33(10-20)16-7-15(29-18-26-11-27-32-18)30-19(31-16)35-14-5-3-13(4-6-14)28-17(34)8-21(23,24)25;1-2/h3-7,11-12H,1-2,8-10H2,(H,28,34)(H2,26,27,29,30,31,32);1-2H3. The Hall–Kier alpha value is -3.42. The number of hydrogen-bond donors (Lipinski definition) is 3. The van der Waals surface area contributed by atoms with E-state index in [0.717, 1.165) is 12.8 Å². The van der Waals surface area contributed by atoms with Crippen LogP contribution < -0.4 is 15.5 Å². The van der Waals surface area contributed by atoms with Gasteiger partial charge in [-0.15, -0.1) is 0 Å². The third kappa shape index (κ3) is 7.08. The number of carbonyl (C=O) groups is 1. The van der Waals surface area contributed by atoms with Crippen LogP contribution in [0.2, 0.25) is 0 Å². The molecule has 14 heteroatoms. The number of H-pyrrole nitrogens is 1. The lowest BCUT2D eigenvalue weighted by molar-refractivity contribution is -0.150. The van der Waals surface area contributed by atoms with Gasteiger partial charge in [-0.2, -0.15) is 23.3 Å². The Kier molecular flexibility index (Phi) is 7.85. The van der Waals surface area contributed by atoms with Gasteiger partial charge in [0.2, 0.25) is 11.9 Å². The lowest BCUT2D eigenvalue weighted by Crippen LogP contribution is -2.60. The zero-order valence-corrected chi connectivity index (χ0v) is 21.0. The number of rotatable bonds is 8. The molecule has 9 nitrogen and oxygen atoms in total. The number of nitrogens with zero attached hydrogens (tertiary/aromatic N) is 5. The van der Waals surface area contributed by atoms with E-state index in [9.17, 15) is 22.4 Å². The molecule has 1 aliphatic heterocycles. The van der Waals surface area contributed by atoms with E-state index in [1.165, 1.54) is 30.2 Å². The van der Waals surface area contributed by atoms with Crippen molar-refractivity contribution in [3.8, 4) is 0 Å².